The van der Waals surface area contributed by atoms with E-state index in [2.05, 4.69) is 10.3 Å². The fraction of sp³-hybridized carbons (Fsp3) is 0.250. The van der Waals surface area contributed by atoms with Crippen LogP contribution in [0.4, 0.5) is 0 Å². The number of fused-ring (bicyclic) bond motifs is 5. The van der Waals surface area contributed by atoms with Crippen LogP contribution >= 0.6 is 0 Å². The number of pyridine rings is 1. The second-order valence-corrected chi connectivity index (χ2v) is 6.78. The second kappa shape index (κ2) is 5.69. The number of aryl methyl sites for hydroxylation is 2. The monoisotopic (exact) mass is 346 g/mol. The number of carbonyl (C=O) groups is 1. The molecule has 2 aromatic heterocycles. The van der Waals surface area contributed by atoms with Crippen molar-refractivity contribution in [3.8, 4) is 28.3 Å². The summed E-state index contributed by atoms with van der Waals surface area (Å²) in [6.07, 6.45) is 4.47. The summed E-state index contributed by atoms with van der Waals surface area (Å²) in [6.45, 7) is 1.45. The zero-order chi connectivity index (χ0) is 17.7. The van der Waals surface area contributed by atoms with Gasteiger partial charge >= 0.3 is 0 Å². The molecule has 0 saturated heterocycles. The van der Waals surface area contributed by atoms with E-state index in [0.29, 0.717) is 12.2 Å². The van der Waals surface area contributed by atoms with E-state index in [9.17, 15) is 9.90 Å². The predicted octanol–water partition coefficient (Wildman–Crippen LogP) is 2.55. The standard InChI is InChI=1S/C20H18N4O2/c25-14-5-2-12(3-6-14)17-10-16-13(11-22-17)4-7-15-18(16)23-24-9-1-8-21-20(26)19(15)24/h2-3,5-6,10-11,25H,1,4,7-9H2,(H,21,26). The molecule has 26 heavy (non-hydrogen) atoms. The molecule has 0 saturated carbocycles. The molecule has 6 nitrogen and oxygen atoms in total. The van der Waals surface area contributed by atoms with Crippen molar-refractivity contribution < 1.29 is 9.90 Å². The van der Waals surface area contributed by atoms with Crippen LogP contribution in [0.15, 0.2) is 36.5 Å². The number of hydrogen-bond acceptors (Lipinski definition) is 4. The first-order valence-electron chi connectivity index (χ1n) is 8.87. The van der Waals surface area contributed by atoms with Crippen LogP contribution in [0, 0.1) is 0 Å². The molecule has 3 heterocycles. The number of carbonyl (C=O) groups excluding carboxylic acids is 1. The maximum atomic E-state index is 12.5. The van der Waals surface area contributed by atoms with Crippen molar-refractivity contribution in [2.75, 3.05) is 6.54 Å². The topological polar surface area (TPSA) is 80.0 Å². The Hall–Kier alpha value is -3.15. The van der Waals surface area contributed by atoms with E-state index in [1.54, 1.807) is 12.1 Å². The zero-order valence-corrected chi connectivity index (χ0v) is 14.2. The smallest absolute Gasteiger partial charge is 0.269 e. The van der Waals surface area contributed by atoms with Gasteiger partial charge in [0.2, 0.25) is 0 Å². The van der Waals surface area contributed by atoms with Crippen LogP contribution in [0.5, 0.6) is 5.75 Å². The molecule has 5 rings (SSSR count). The zero-order valence-electron chi connectivity index (χ0n) is 14.2. The summed E-state index contributed by atoms with van der Waals surface area (Å²) in [6, 6.07) is 9.06. The third-order valence-electron chi connectivity index (χ3n) is 5.15. The number of aromatic hydroxyl groups is 1. The van der Waals surface area contributed by atoms with Gasteiger partial charge in [-0.15, -0.1) is 0 Å². The molecule has 0 bridgehead atoms. The highest BCUT2D eigenvalue weighted by atomic mass is 16.3. The van der Waals surface area contributed by atoms with Crippen LogP contribution in [0.3, 0.4) is 0 Å². The van der Waals surface area contributed by atoms with Gasteiger partial charge in [-0.1, -0.05) is 0 Å². The molecular formula is C20H18N4O2. The van der Waals surface area contributed by atoms with Crippen molar-refractivity contribution in [2.45, 2.75) is 25.8 Å². The van der Waals surface area contributed by atoms with Gasteiger partial charge in [-0.3, -0.25) is 14.5 Å². The van der Waals surface area contributed by atoms with Gasteiger partial charge in [0.05, 0.1) is 11.4 Å². The van der Waals surface area contributed by atoms with Crippen molar-refractivity contribution in [1.29, 1.82) is 0 Å². The Balaban J connectivity index is 1.65. The summed E-state index contributed by atoms with van der Waals surface area (Å²) >= 11 is 0. The van der Waals surface area contributed by atoms with Gasteiger partial charge in [0.25, 0.3) is 5.91 Å². The first-order valence-corrected chi connectivity index (χ1v) is 8.87. The van der Waals surface area contributed by atoms with Crippen LogP contribution in [0.25, 0.3) is 22.5 Å². The van der Waals surface area contributed by atoms with Crippen molar-refractivity contribution in [3.05, 3.63) is 53.3 Å². The Morgan fingerprint density at radius 1 is 1.15 bits per heavy atom. The molecule has 1 amide bonds. The summed E-state index contributed by atoms with van der Waals surface area (Å²) in [7, 11) is 0. The second-order valence-electron chi connectivity index (χ2n) is 6.78. The van der Waals surface area contributed by atoms with Gasteiger partial charge in [-0.25, -0.2) is 0 Å². The van der Waals surface area contributed by atoms with Crippen molar-refractivity contribution in [3.63, 3.8) is 0 Å². The van der Waals surface area contributed by atoms with E-state index in [-0.39, 0.29) is 11.7 Å². The first kappa shape index (κ1) is 15.1. The van der Waals surface area contributed by atoms with E-state index in [1.807, 2.05) is 29.1 Å². The Labute approximate surface area is 150 Å². The van der Waals surface area contributed by atoms with Gasteiger partial charge < -0.3 is 10.4 Å². The molecule has 0 radical (unpaired) electrons. The summed E-state index contributed by atoms with van der Waals surface area (Å²) in [4.78, 5) is 17.0. The van der Waals surface area contributed by atoms with E-state index in [4.69, 9.17) is 5.10 Å². The molecule has 2 N–H and O–H groups in total. The molecule has 0 fully saturated rings. The predicted molar refractivity (Wildman–Crippen MR) is 96.9 cm³/mol. The highest BCUT2D eigenvalue weighted by Crippen LogP contribution is 2.36. The molecule has 1 aromatic carbocycles. The van der Waals surface area contributed by atoms with Gasteiger partial charge in [-0.05, 0) is 55.2 Å². The number of aromatic nitrogens is 3. The Morgan fingerprint density at radius 2 is 2.00 bits per heavy atom. The minimum atomic E-state index is -0.0208. The summed E-state index contributed by atoms with van der Waals surface area (Å²) in [5, 5.41) is 17.2. The fourth-order valence-electron chi connectivity index (χ4n) is 3.84. The number of nitrogens with zero attached hydrogens (tertiary/aromatic N) is 3. The quantitative estimate of drug-likeness (QED) is 0.710. The van der Waals surface area contributed by atoms with E-state index in [1.165, 1.54) is 0 Å². The lowest BCUT2D eigenvalue weighted by Gasteiger charge is -2.16. The van der Waals surface area contributed by atoms with Crippen molar-refractivity contribution >= 4 is 5.91 Å². The number of amides is 1. The molecular weight excluding hydrogens is 328 g/mol. The van der Waals surface area contributed by atoms with Crippen LogP contribution in [-0.2, 0) is 19.4 Å². The number of phenolic OH excluding ortho intramolecular Hbond substituents is 1. The minimum Gasteiger partial charge on any atom is -0.508 e. The normalized spacial score (nSPS) is 15.5. The van der Waals surface area contributed by atoms with Crippen LogP contribution in [-0.4, -0.2) is 32.3 Å². The highest BCUT2D eigenvalue weighted by molar-refractivity contribution is 5.96. The molecule has 1 aliphatic heterocycles. The molecule has 6 heteroatoms. The first-order chi connectivity index (χ1) is 12.7. The third kappa shape index (κ3) is 2.29. The van der Waals surface area contributed by atoms with Crippen molar-refractivity contribution in [2.24, 2.45) is 0 Å². The van der Waals surface area contributed by atoms with Crippen LogP contribution < -0.4 is 5.32 Å². The lowest BCUT2D eigenvalue weighted by atomic mass is 9.89. The Morgan fingerprint density at radius 3 is 2.85 bits per heavy atom. The molecule has 130 valence electrons. The lowest BCUT2D eigenvalue weighted by molar-refractivity contribution is 0.0949. The summed E-state index contributed by atoms with van der Waals surface area (Å²) in [5.74, 6) is 0.213. The number of nitrogens with one attached hydrogen (secondary N) is 1. The fourth-order valence-corrected chi connectivity index (χ4v) is 3.84. The number of hydrogen-bond donors (Lipinski definition) is 2. The SMILES string of the molecule is O=C1NCCCn2nc3c(c21)CCc1cnc(-c2ccc(O)cc2)cc1-3. The summed E-state index contributed by atoms with van der Waals surface area (Å²) < 4.78 is 1.86. The van der Waals surface area contributed by atoms with E-state index >= 15 is 0 Å². The lowest BCUT2D eigenvalue weighted by Crippen LogP contribution is -2.24. The summed E-state index contributed by atoms with van der Waals surface area (Å²) in [5.41, 5.74) is 6.65. The van der Waals surface area contributed by atoms with Crippen molar-refractivity contribution in [1.82, 2.24) is 20.1 Å². The molecule has 3 aromatic rings. The van der Waals surface area contributed by atoms with Crippen LogP contribution in [0.2, 0.25) is 0 Å². The molecule has 0 atom stereocenters. The maximum absolute atomic E-state index is 12.5. The Bertz CT molecular complexity index is 1020. The number of benzene rings is 1. The van der Waals surface area contributed by atoms with Crippen LogP contribution in [0.1, 0.15) is 28.0 Å². The van der Waals surface area contributed by atoms with E-state index in [0.717, 1.165) is 59.4 Å². The molecule has 2 aliphatic rings. The van der Waals surface area contributed by atoms with Gasteiger partial charge in [0.15, 0.2) is 0 Å². The number of phenols is 1. The van der Waals surface area contributed by atoms with E-state index < -0.39 is 0 Å². The Kier molecular flexibility index (Phi) is 3.31. The minimum absolute atomic E-state index is 0.0208. The average Bonchev–Trinajstić information content (AvgIpc) is 2.94. The molecule has 1 aliphatic carbocycles. The largest absolute Gasteiger partial charge is 0.508 e. The molecule has 0 unspecified atom stereocenters. The van der Waals surface area contributed by atoms with Gasteiger partial charge in [0.1, 0.15) is 11.4 Å². The van der Waals surface area contributed by atoms with Gasteiger partial charge in [-0.2, -0.15) is 5.10 Å². The number of rotatable bonds is 1. The highest BCUT2D eigenvalue weighted by Gasteiger charge is 2.29. The van der Waals surface area contributed by atoms with Gasteiger partial charge in [0, 0.05) is 36.0 Å². The molecule has 0 spiro atoms. The maximum Gasteiger partial charge on any atom is 0.269 e. The average molecular weight is 346 g/mol. The third-order valence-corrected chi connectivity index (χ3v) is 5.15.